The molecule has 0 bridgehead atoms. The summed E-state index contributed by atoms with van der Waals surface area (Å²) < 4.78 is 26.9. The van der Waals surface area contributed by atoms with Crippen LogP contribution in [0.5, 0.6) is 0 Å². The first-order valence-electron chi connectivity index (χ1n) is 9.13. The zero-order chi connectivity index (χ0) is 20.8. The van der Waals surface area contributed by atoms with E-state index in [2.05, 4.69) is 10.2 Å². The lowest BCUT2D eigenvalue weighted by Crippen LogP contribution is -2.12. The molecule has 1 aliphatic rings. The van der Waals surface area contributed by atoms with E-state index in [9.17, 15) is 13.2 Å². The van der Waals surface area contributed by atoms with Gasteiger partial charge in [0.05, 0.1) is 10.6 Å². The molecule has 0 spiro atoms. The largest absolute Gasteiger partial charge is 0.318 e. The molecule has 0 radical (unpaired) electrons. The second kappa shape index (κ2) is 7.43. The maximum Gasteiger partial charge on any atom is 0.238 e. The van der Waals surface area contributed by atoms with Crippen LogP contribution in [0.1, 0.15) is 40.6 Å². The van der Waals surface area contributed by atoms with E-state index in [1.165, 1.54) is 23.9 Å². The van der Waals surface area contributed by atoms with Crippen molar-refractivity contribution in [2.45, 2.75) is 42.8 Å². The molecule has 2 aromatic heterocycles. The highest BCUT2D eigenvalue weighted by molar-refractivity contribution is 7.99. The Hall–Kier alpha value is -2.43. The highest BCUT2D eigenvalue weighted by Gasteiger charge is 2.27. The maximum atomic E-state index is 12.9. The Morgan fingerprint density at radius 1 is 1.24 bits per heavy atom. The first-order chi connectivity index (χ1) is 13.8. The van der Waals surface area contributed by atoms with Crippen molar-refractivity contribution in [3.05, 3.63) is 53.6 Å². The van der Waals surface area contributed by atoms with Gasteiger partial charge in [0.15, 0.2) is 10.9 Å². The van der Waals surface area contributed by atoms with E-state index < -0.39 is 10.0 Å². The summed E-state index contributed by atoms with van der Waals surface area (Å²) in [6.45, 7) is 3.79. The summed E-state index contributed by atoms with van der Waals surface area (Å²) in [6.07, 6.45) is 3.98. The Bertz CT molecular complexity index is 1180. The monoisotopic (exact) mass is 431 g/mol. The molecule has 0 amide bonds. The number of aromatic nitrogens is 4. The van der Waals surface area contributed by atoms with Gasteiger partial charge in [0.25, 0.3) is 0 Å². The Kier molecular flexibility index (Phi) is 5.09. The number of nitrogens with two attached hydrogens (primary N) is 1. The van der Waals surface area contributed by atoms with Crippen LogP contribution in [0, 0.1) is 13.8 Å². The van der Waals surface area contributed by atoms with Crippen molar-refractivity contribution < 1.29 is 13.2 Å². The van der Waals surface area contributed by atoms with Gasteiger partial charge >= 0.3 is 0 Å². The molecule has 29 heavy (non-hydrogen) atoms. The second-order valence-corrected chi connectivity index (χ2v) is 9.63. The number of aryl methyl sites for hydroxylation is 1. The minimum Gasteiger partial charge on any atom is -0.318 e. The van der Waals surface area contributed by atoms with Crippen molar-refractivity contribution in [3.63, 3.8) is 0 Å². The molecule has 8 nitrogen and oxygen atoms in total. The molecule has 2 heterocycles. The Balaban J connectivity index is 1.54. The molecule has 0 atom stereocenters. The maximum absolute atomic E-state index is 12.9. The van der Waals surface area contributed by atoms with E-state index in [0.29, 0.717) is 11.6 Å². The molecular weight excluding hydrogens is 410 g/mol. The smallest absolute Gasteiger partial charge is 0.238 e. The normalized spacial score (nSPS) is 14.3. The molecule has 0 aliphatic heterocycles. The molecule has 1 aromatic carbocycles. The SMILES string of the molecule is Cc1cc(C(=O)CSc2nncn2C2CC2)c(C)n1-c1ccc(S(N)(=O)=O)cc1. The molecule has 0 unspecified atom stereocenters. The fraction of sp³-hybridized carbons (Fsp3) is 0.316. The number of rotatable bonds is 7. The van der Waals surface area contributed by atoms with Crippen LogP contribution in [0.2, 0.25) is 0 Å². The summed E-state index contributed by atoms with van der Waals surface area (Å²) in [5.74, 6) is 0.293. The number of hydrogen-bond acceptors (Lipinski definition) is 6. The highest BCUT2D eigenvalue weighted by atomic mass is 32.2. The van der Waals surface area contributed by atoms with Gasteiger partial charge in [-0.15, -0.1) is 10.2 Å². The summed E-state index contributed by atoms with van der Waals surface area (Å²) in [7, 11) is -3.74. The standard InChI is InChI=1S/C19H21N5O3S2/c1-12-9-17(18(25)10-28-19-22-21-11-23(19)14-3-4-14)13(2)24(12)15-5-7-16(8-6-15)29(20,26)27/h5-9,11,14H,3-4,10H2,1-2H3,(H2,20,26,27). The third kappa shape index (κ3) is 4.00. The Morgan fingerprint density at radius 2 is 1.93 bits per heavy atom. The molecule has 0 saturated heterocycles. The van der Waals surface area contributed by atoms with Gasteiger partial charge in [-0.3, -0.25) is 4.79 Å². The summed E-state index contributed by atoms with van der Waals surface area (Å²) in [5, 5.41) is 14.0. The first kappa shape index (κ1) is 19.9. The predicted octanol–water partition coefficient (Wildman–Crippen LogP) is 2.64. The van der Waals surface area contributed by atoms with Gasteiger partial charge in [0, 0.05) is 28.7 Å². The summed E-state index contributed by atoms with van der Waals surface area (Å²) in [6, 6.07) is 8.61. The zero-order valence-electron chi connectivity index (χ0n) is 16.1. The van der Waals surface area contributed by atoms with Crippen LogP contribution in [-0.2, 0) is 10.0 Å². The fourth-order valence-corrected chi connectivity index (χ4v) is 4.75. The first-order valence-corrected chi connectivity index (χ1v) is 11.7. The minimum atomic E-state index is -3.74. The molecule has 3 aromatic rings. The summed E-state index contributed by atoms with van der Waals surface area (Å²) in [5.41, 5.74) is 3.11. The van der Waals surface area contributed by atoms with E-state index in [-0.39, 0.29) is 16.4 Å². The number of hydrogen-bond donors (Lipinski definition) is 1. The van der Waals surface area contributed by atoms with Crippen LogP contribution in [0.3, 0.4) is 0 Å². The van der Waals surface area contributed by atoms with Gasteiger partial charge in [-0.25, -0.2) is 13.6 Å². The average molecular weight is 432 g/mol. The van der Waals surface area contributed by atoms with Gasteiger partial charge in [0.2, 0.25) is 10.0 Å². The lowest BCUT2D eigenvalue weighted by atomic mass is 10.2. The van der Waals surface area contributed by atoms with Crippen LogP contribution in [0.4, 0.5) is 0 Å². The summed E-state index contributed by atoms with van der Waals surface area (Å²) in [4.78, 5) is 12.9. The molecule has 1 fully saturated rings. The van der Waals surface area contributed by atoms with E-state index in [1.807, 2.05) is 29.0 Å². The Morgan fingerprint density at radius 3 is 2.55 bits per heavy atom. The summed E-state index contributed by atoms with van der Waals surface area (Å²) >= 11 is 1.40. The topological polar surface area (TPSA) is 113 Å². The molecule has 4 rings (SSSR count). The van der Waals surface area contributed by atoms with Crippen molar-refractivity contribution in [2.75, 3.05) is 5.75 Å². The van der Waals surface area contributed by atoms with Gasteiger partial charge in [-0.2, -0.15) is 0 Å². The number of carbonyl (C=O) groups excluding carboxylic acids is 1. The number of primary sulfonamides is 1. The minimum absolute atomic E-state index is 0.0147. The highest BCUT2D eigenvalue weighted by Crippen LogP contribution is 2.37. The third-order valence-electron chi connectivity index (χ3n) is 4.97. The fourth-order valence-electron chi connectivity index (χ4n) is 3.37. The molecule has 1 saturated carbocycles. The number of carbonyl (C=O) groups is 1. The van der Waals surface area contributed by atoms with E-state index in [4.69, 9.17) is 5.14 Å². The second-order valence-electron chi connectivity index (χ2n) is 7.12. The van der Waals surface area contributed by atoms with Crippen LogP contribution in [-0.4, -0.2) is 39.3 Å². The average Bonchev–Trinajstić information content (AvgIpc) is 3.33. The van der Waals surface area contributed by atoms with Gasteiger partial charge in [0.1, 0.15) is 6.33 Å². The van der Waals surface area contributed by atoms with Crippen LogP contribution in [0.25, 0.3) is 5.69 Å². The van der Waals surface area contributed by atoms with Crippen molar-refractivity contribution in [1.82, 2.24) is 19.3 Å². The molecule has 2 N–H and O–H groups in total. The van der Waals surface area contributed by atoms with E-state index in [1.54, 1.807) is 18.5 Å². The third-order valence-corrected chi connectivity index (χ3v) is 6.85. The zero-order valence-corrected chi connectivity index (χ0v) is 17.7. The van der Waals surface area contributed by atoms with Crippen molar-refractivity contribution >= 4 is 27.6 Å². The van der Waals surface area contributed by atoms with Crippen LogP contribution < -0.4 is 5.14 Å². The van der Waals surface area contributed by atoms with Crippen LogP contribution >= 0.6 is 11.8 Å². The molecule has 10 heteroatoms. The lowest BCUT2D eigenvalue weighted by Gasteiger charge is -2.10. The Labute approximate surface area is 173 Å². The van der Waals surface area contributed by atoms with Crippen LogP contribution in [0.15, 0.2) is 46.7 Å². The predicted molar refractivity (Wildman–Crippen MR) is 110 cm³/mol. The number of ketones is 1. The molecule has 152 valence electrons. The van der Waals surface area contributed by atoms with Crippen molar-refractivity contribution in [1.29, 1.82) is 0 Å². The lowest BCUT2D eigenvalue weighted by molar-refractivity contribution is 0.102. The van der Waals surface area contributed by atoms with Gasteiger partial charge in [-0.05, 0) is 57.0 Å². The number of nitrogens with zero attached hydrogens (tertiary/aromatic N) is 4. The number of benzene rings is 1. The number of thioether (sulfide) groups is 1. The van der Waals surface area contributed by atoms with Gasteiger partial charge < -0.3 is 9.13 Å². The van der Waals surface area contributed by atoms with E-state index >= 15 is 0 Å². The van der Waals surface area contributed by atoms with Gasteiger partial charge in [-0.1, -0.05) is 11.8 Å². The number of Topliss-reactive ketones (excluding diaryl/α,β-unsaturated/α-hetero) is 1. The quantitative estimate of drug-likeness (QED) is 0.454. The molecule has 1 aliphatic carbocycles. The molecular formula is C19H21N5O3S2. The number of sulfonamides is 1. The van der Waals surface area contributed by atoms with Crippen molar-refractivity contribution in [2.24, 2.45) is 5.14 Å². The van der Waals surface area contributed by atoms with E-state index in [0.717, 1.165) is 35.1 Å². The van der Waals surface area contributed by atoms with Crippen molar-refractivity contribution in [3.8, 4) is 5.69 Å².